The molecule has 192 valence electrons. The minimum absolute atomic E-state index is 0.0322. The van der Waals surface area contributed by atoms with E-state index in [4.69, 9.17) is 33.7 Å². The molecule has 10 nitrogen and oxygen atoms in total. The van der Waals surface area contributed by atoms with E-state index in [-0.39, 0.29) is 25.1 Å². The maximum absolute atomic E-state index is 13.5. The fourth-order valence-electron chi connectivity index (χ4n) is 3.43. The van der Waals surface area contributed by atoms with Gasteiger partial charge in [-0.1, -0.05) is 35.3 Å². The standard InChI is InChI=1S/C24H29Cl2N7O3/c1-15(2)30-21(27)28-8-9-29-22-31-23(34)33(14-17-10-18(25)12-19(26)11-17)24(35)32(22)13-16-4-6-20(36-3)7-5-16/h4-7,10-12,15H,8-9,13-14H2,1-3H3,(H3,27,28,30)(H,29,31,34). The second-order valence-corrected chi connectivity index (χ2v) is 9.16. The highest BCUT2D eigenvalue weighted by atomic mass is 35.5. The summed E-state index contributed by atoms with van der Waals surface area (Å²) in [6, 6.07) is 12.3. The number of aliphatic imine (C=N–C) groups is 1. The lowest BCUT2D eigenvalue weighted by atomic mass is 10.2. The largest absolute Gasteiger partial charge is 0.497 e. The molecule has 12 heteroatoms. The number of hydrogen-bond donors (Lipinski definition) is 3. The van der Waals surface area contributed by atoms with Crippen LogP contribution in [0, 0.1) is 0 Å². The molecule has 1 heterocycles. The Morgan fingerprint density at radius 3 is 2.31 bits per heavy atom. The van der Waals surface area contributed by atoms with E-state index in [1.54, 1.807) is 37.4 Å². The lowest BCUT2D eigenvalue weighted by Gasteiger charge is -2.16. The Morgan fingerprint density at radius 2 is 1.69 bits per heavy atom. The summed E-state index contributed by atoms with van der Waals surface area (Å²) in [4.78, 5) is 34.7. The Labute approximate surface area is 218 Å². The van der Waals surface area contributed by atoms with Crippen LogP contribution in [-0.4, -0.2) is 46.3 Å². The van der Waals surface area contributed by atoms with Crippen molar-refractivity contribution in [3.05, 3.63) is 84.6 Å². The van der Waals surface area contributed by atoms with Crippen molar-refractivity contribution in [2.24, 2.45) is 10.7 Å². The summed E-state index contributed by atoms with van der Waals surface area (Å²) >= 11 is 12.2. The Balaban J connectivity index is 1.93. The van der Waals surface area contributed by atoms with Gasteiger partial charge in [-0.15, -0.1) is 0 Å². The van der Waals surface area contributed by atoms with E-state index in [0.29, 0.717) is 40.4 Å². The molecular formula is C24H29Cl2N7O3. The molecule has 1 aromatic heterocycles. The summed E-state index contributed by atoms with van der Waals surface area (Å²) in [5, 5.41) is 6.84. The SMILES string of the molecule is COc1ccc(Cn2c(NCCN=C(N)NC(C)C)nc(=O)n(Cc3cc(Cl)cc(Cl)c3)c2=O)cc1. The Kier molecular flexibility index (Phi) is 9.38. The number of nitrogens with one attached hydrogen (secondary N) is 2. The molecule has 3 aromatic rings. The number of nitrogens with two attached hydrogens (primary N) is 1. The number of rotatable bonds is 10. The number of aromatic nitrogens is 3. The van der Waals surface area contributed by atoms with Crippen LogP contribution in [0.4, 0.5) is 5.95 Å². The number of halogens is 2. The van der Waals surface area contributed by atoms with Crippen LogP contribution in [-0.2, 0) is 13.1 Å². The number of benzene rings is 2. The maximum atomic E-state index is 13.5. The molecule has 2 aromatic carbocycles. The Morgan fingerprint density at radius 1 is 1.06 bits per heavy atom. The Hall–Kier alpha value is -3.50. The van der Waals surface area contributed by atoms with Crippen molar-refractivity contribution in [2.75, 3.05) is 25.5 Å². The minimum Gasteiger partial charge on any atom is -0.497 e. The third-order valence-electron chi connectivity index (χ3n) is 5.03. The van der Waals surface area contributed by atoms with Gasteiger partial charge in [0, 0.05) is 22.6 Å². The van der Waals surface area contributed by atoms with Gasteiger partial charge < -0.3 is 21.1 Å². The van der Waals surface area contributed by atoms with Crippen LogP contribution in [0.2, 0.25) is 10.0 Å². The van der Waals surface area contributed by atoms with E-state index in [1.165, 1.54) is 4.57 Å². The average molecular weight is 534 g/mol. The molecule has 0 spiro atoms. The quantitative estimate of drug-likeness (QED) is 0.207. The lowest BCUT2D eigenvalue weighted by molar-refractivity contribution is 0.414. The van der Waals surface area contributed by atoms with Crippen molar-refractivity contribution >= 4 is 35.1 Å². The van der Waals surface area contributed by atoms with Gasteiger partial charge in [0.1, 0.15) is 5.75 Å². The number of methoxy groups -OCH3 is 1. The summed E-state index contributed by atoms with van der Waals surface area (Å²) in [5.74, 6) is 1.13. The molecule has 0 aliphatic carbocycles. The second kappa shape index (κ2) is 12.5. The first-order valence-electron chi connectivity index (χ1n) is 11.3. The third kappa shape index (κ3) is 7.50. The number of nitrogens with zero attached hydrogens (tertiary/aromatic N) is 4. The molecule has 0 fully saturated rings. The molecule has 0 saturated carbocycles. The van der Waals surface area contributed by atoms with E-state index in [0.717, 1.165) is 10.1 Å². The molecule has 0 aliphatic heterocycles. The molecule has 36 heavy (non-hydrogen) atoms. The van der Waals surface area contributed by atoms with Crippen LogP contribution in [0.25, 0.3) is 0 Å². The van der Waals surface area contributed by atoms with Crippen LogP contribution in [0.3, 0.4) is 0 Å². The fraction of sp³-hybridized carbons (Fsp3) is 0.333. The molecule has 0 saturated heterocycles. The highest BCUT2D eigenvalue weighted by Gasteiger charge is 2.15. The van der Waals surface area contributed by atoms with Crippen molar-refractivity contribution in [3.63, 3.8) is 0 Å². The molecular weight excluding hydrogens is 505 g/mol. The van der Waals surface area contributed by atoms with Crippen LogP contribution in [0.15, 0.2) is 57.0 Å². The van der Waals surface area contributed by atoms with Gasteiger partial charge in [0.25, 0.3) is 0 Å². The predicted octanol–water partition coefficient (Wildman–Crippen LogP) is 2.54. The summed E-state index contributed by atoms with van der Waals surface area (Å²) < 4.78 is 7.65. The van der Waals surface area contributed by atoms with Gasteiger partial charge in [0.2, 0.25) is 5.95 Å². The van der Waals surface area contributed by atoms with Crippen molar-refractivity contribution < 1.29 is 4.74 Å². The van der Waals surface area contributed by atoms with Gasteiger partial charge in [0.05, 0.1) is 26.7 Å². The summed E-state index contributed by atoms with van der Waals surface area (Å²) in [6.07, 6.45) is 0. The summed E-state index contributed by atoms with van der Waals surface area (Å²) in [5.41, 5.74) is 6.02. The Bertz CT molecular complexity index is 1310. The molecule has 0 bridgehead atoms. The molecule has 0 radical (unpaired) electrons. The van der Waals surface area contributed by atoms with Crippen LogP contribution in [0.1, 0.15) is 25.0 Å². The highest BCUT2D eigenvalue weighted by molar-refractivity contribution is 6.34. The van der Waals surface area contributed by atoms with Crippen molar-refractivity contribution in [1.82, 2.24) is 19.4 Å². The summed E-state index contributed by atoms with van der Waals surface area (Å²) in [7, 11) is 1.58. The van der Waals surface area contributed by atoms with Gasteiger partial charge in [-0.2, -0.15) is 4.98 Å². The van der Waals surface area contributed by atoms with Gasteiger partial charge in [-0.05, 0) is 55.3 Å². The second-order valence-electron chi connectivity index (χ2n) is 8.29. The average Bonchev–Trinajstić information content (AvgIpc) is 2.81. The van der Waals surface area contributed by atoms with E-state index >= 15 is 0 Å². The van der Waals surface area contributed by atoms with Gasteiger partial charge in [-0.3, -0.25) is 9.56 Å². The molecule has 0 atom stereocenters. The predicted molar refractivity (Wildman–Crippen MR) is 144 cm³/mol. The molecule has 0 amide bonds. The first-order chi connectivity index (χ1) is 17.2. The van der Waals surface area contributed by atoms with Gasteiger partial charge in [-0.25, -0.2) is 14.2 Å². The van der Waals surface area contributed by atoms with Crippen LogP contribution >= 0.6 is 23.2 Å². The monoisotopic (exact) mass is 533 g/mol. The first kappa shape index (κ1) is 27.1. The third-order valence-corrected chi connectivity index (χ3v) is 5.46. The van der Waals surface area contributed by atoms with E-state index in [2.05, 4.69) is 20.6 Å². The summed E-state index contributed by atoms with van der Waals surface area (Å²) in [6.45, 7) is 4.67. The topological polar surface area (TPSA) is 129 Å². The number of ether oxygens (including phenoxy) is 1. The van der Waals surface area contributed by atoms with E-state index in [1.807, 2.05) is 26.0 Å². The number of anilines is 1. The fourth-order valence-corrected chi connectivity index (χ4v) is 4.00. The van der Waals surface area contributed by atoms with E-state index in [9.17, 15) is 9.59 Å². The maximum Gasteiger partial charge on any atom is 0.355 e. The van der Waals surface area contributed by atoms with Crippen molar-refractivity contribution in [3.8, 4) is 5.75 Å². The van der Waals surface area contributed by atoms with Crippen LogP contribution in [0.5, 0.6) is 5.75 Å². The smallest absolute Gasteiger partial charge is 0.355 e. The van der Waals surface area contributed by atoms with Crippen LogP contribution < -0.4 is 32.5 Å². The van der Waals surface area contributed by atoms with Crippen molar-refractivity contribution in [2.45, 2.75) is 33.0 Å². The zero-order valence-corrected chi connectivity index (χ0v) is 21.8. The molecule has 0 aliphatic rings. The molecule has 0 unspecified atom stereocenters. The zero-order valence-electron chi connectivity index (χ0n) is 20.3. The van der Waals surface area contributed by atoms with E-state index < -0.39 is 11.4 Å². The molecule has 3 rings (SSSR count). The normalized spacial score (nSPS) is 11.6. The van der Waals surface area contributed by atoms with Crippen molar-refractivity contribution in [1.29, 1.82) is 0 Å². The van der Waals surface area contributed by atoms with Gasteiger partial charge >= 0.3 is 11.4 Å². The number of hydrogen-bond acceptors (Lipinski definition) is 6. The number of guanidine groups is 1. The lowest BCUT2D eigenvalue weighted by Crippen LogP contribution is -2.43. The highest BCUT2D eigenvalue weighted by Crippen LogP contribution is 2.19. The molecule has 4 N–H and O–H groups in total. The minimum atomic E-state index is -0.700. The first-order valence-corrected chi connectivity index (χ1v) is 12.0. The zero-order chi connectivity index (χ0) is 26.2. The van der Waals surface area contributed by atoms with Gasteiger partial charge in [0.15, 0.2) is 5.96 Å².